The second-order valence-electron chi connectivity index (χ2n) is 8.92. The summed E-state index contributed by atoms with van der Waals surface area (Å²) in [6.07, 6.45) is 0. The van der Waals surface area contributed by atoms with Crippen molar-refractivity contribution in [3.8, 4) is 11.5 Å². The number of hydrogen-bond donors (Lipinski definition) is 2. The van der Waals surface area contributed by atoms with Crippen LogP contribution in [0.3, 0.4) is 0 Å². The smallest absolute Gasteiger partial charge is 0.302 e. The number of nitrogens with one attached hydrogen (secondary N) is 1. The molecular weight excluding hydrogens is 529 g/mol. The third-order valence-corrected chi connectivity index (χ3v) is 7.16. The fourth-order valence-corrected chi connectivity index (χ4v) is 5.18. The molecule has 0 bridgehead atoms. The number of amides is 1. The molecule has 4 aromatic rings. The molecule has 1 unspecified atom stereocenters. The van der Waals surface area contributed by atoms with Crippen LogP contribution in [0.5, 0.6) is 11.5 Å². The van der Waals surface area contributed by atoms with Crippen molar-refractivity contribution in [1.29, 1.82) is 0 Å². The predicted octanol–water partition coefficient (Wildman–Crippen LogP) is 6.13. The molecule has 1 fully saturated rings. The van der Waals surface area contributed by atoms with Gasteiger partial charge in [0.25, 0.3) is 5.78 Å². The number of fused-ring (bicyclic) bond motifs is 1. The normalized spacial score (nSPS) is 16.9. The van der Waals surface area contributed by atoms with Crippen LogP contribution < -0.4 is 14.4 Å². The second kappa shape index (κ2) is 9.70. The van der Waals surface area contributed by atoms with Gasteiger partial charge in [-0.3, -0.25) is 14.5 Å². The molecule has 1 amide bonds. The van der Waals surface area contributed by atoms with E-state index in [-0.39, 0.29) is 32.9 Å². The van der Waals surface area contributed by atoms with E-state index in [1.165, 1.54) is 31.3 Å². The predicted molar refractivity (Wildman–Crippen MR) is 146 cm³/mol. The van der Waals surface area contributed by atoms with Crippen LogP contribution in [0.1, 0.15) is 28.3 Å². The number of nitrogens with zero attached hydrogens (tertiary/aromatic N) is 2. The number of Topliss-reactive ketones (excluding diaryl/α,β-unsaturated/α-hetero) is 1. The average molecular weight is 552 g/mol. The number of imidazole rings is 1. The Bertz CT molecular complexity index is 1600. The van der Waals surface area contributed by atoms with E-state index in [4.69, 9.17) is 32.7 Å². The Balaban J connectivity index is 1.77. The molecule has 1 aromatic heterocycles. The molecule has 1 atom stereocenters. The fourth-order valence-electron chi connectivity index (χ4n) is 4.61. The van der Waals surface area contributed by atoms with Gasteiger partial charge in [-0.15, -0.1) is 0 Å². The van der Waals surface area contributed by atoms with E-state index in [9.17, 15) is 14.7 Å². The number of rotatable bonds is 5. The van der Waals surface area contributed by atoms with Gasteiger partial charge >= 0.3 is 5.91 Å². The minimum atomic E-state index is -1.02. The third-order valence-electron chi connectivity index (χ3n) is 6.66. The summed E-state index contributed by atoms with van der Waals surface area (Å²) in [5, 5.41) is 11.9. The van der Waals surface area contributed by atoms with Crippen LogP contribution in [0.4, 0.5) is 5.95 Å². The number of benzene rings is 3. The molecule has 0 saturated carbocycles. The van der Waals surface area contributed by atoms with Gasteiger partial charge in [-0.1, -0.05) is 35.3 Å². The van der Waals surface area contributed by atoms with Crippen molar-refractivity contribution in [2.45, 2.75) is 19.9 Å². The van der Waals surface area contributed by atoms with Crippen LogP contribution in [0, 0.1) is 13.8 Å². The van der Waals surface area contributed by atoms with Gasteiger partial charge in [0.2, 0.25) is 5.95 Å². The van der Waals surface area contributed by atoms with Gasteiger partial charge in [-0.05, 0) is 66.9 Å². The molecule has 1 aliphatic rings. The van der Waals surface area contributed by atoms with E-state index in [2.05, 4.69) is 9.97 Å². The number of anilines is 1. The first-order chi connectivity index (χ1) is 18.1. The van der Waals surface area contributed by atoms with Crippen molar-refractivity contribution < 1.29 is 24.2 Å². The molecular formula is C28H23Cl2N3O5. The van der Waals surface area contributed by atoms with E-state index in [0.717, 1.165) is 11.1 Å². The Morgan fingerprint density at radius 2 is 1.68 bits per heavy atom. The van der Waals surface area contributed by atoms with Crippen molar-refractivity contribution in [2.75, 3.05) is 19.1 Å². The summed E-state index contributed by atoms with van der Waals surface area (Å²) in [6.45, 7) is 3.94. The number of ketones is 1. The molecule has 2 N–H and O–H groups in total. The molecule has 3 aromatic carbocycles. The van der Waals surface area contributed by atoms with Crippen LogP contribution in [0.2, 0.25) is 10.0 Å². The number of H-pyrrole nitrogens is 1. The molecule has 0 radical (unpaired) electrons. The number of carbonyl (C=O) groups is 2. The van der Waals surface area contributed by atoms with Crippen LogP contribution in [-0.4, -0.2) is 41.0 Å². The Morgan fingerprint density at radius 1 is 1.00 bits per heavy atom. The average Bonchev–Trinajstić information content (AvgIpc) is 3.40. The molecule has 2 heterocycles. The van der Waals surface area contributed by atoms with Crippen molar-refractivity contribution >= 4 is 57.6 Å². The maximum absolute atomic E-state index is 13.5. The summed E-state index contributed by atoms with van der Waals surface area (Å²) in [6, 6.07) is 12.5. The van der Waals surface area contributed by atoms with Crippen molar-refractivity contribution in [1.82, 2.24) is 9.97 Å². The lowest BCUT2D eigenvalue weighted by molar-refractivity contribution is -0.132. The Morgan fingerprint density at radius 3 is 2.34 bits per heavy atom. The van der Waals surface area contributed by atoms with Crippen LogP contribution in [-0.2, 0) is 9.59 Å². The first kappa shape index (κ1) is 25.6. The van der Waals surface area contributed by atoms with Gasteiger partial charge in [0.05, 0.1) is 47.5 Å². The molecule has 38 heavy (non-hydrogen) atoms. The largest absolute Gasteiger partial charge is 0.507 e. The molecule has 0 aliphatic carbocycles. The summed E-state index contributed by atoms with van der Waals surface area (Å²) in [7, 11) is 2.92. The van der Waals surface area contributed by atoms with E-state index in [0.29, 0.717) is 22.3 Å². The number of aromatic nitrogens is 2. The number of aromatic amines is 1. The molecule has 1 aliphatic heterocycles. The lowest BCUT2D eigenvalue weighted by Gasteiger charge is -2.23. The zero-order chi connectivity index (χ0) is 27.3. The first-order valence-corrected chi connectivity index (χ1v) is 12.4. The molecule has 1 saturated heterocycles. The van der Waals surface area contributed by atoms with Crippen molar-refractivity contribution in [3.05, 3.63) is 86.4 Å². The number of aryl methyl sites for hydroxylation is 2. The van der Waals surface area contributed by atoms with Gasteiger partial charge in [0.1, 0.15) is 17.3 Å². The highest BCUT2D eigenvalue weighted by molar-refractivity contribution is 6.51. The topological polar surface area (TPSA) is 105 Å². The maximum Gasteiger partial charge on any atom is 0.302 e. The SMILES string of the molecule is COc1ccc(C2/C(=C(\O)c3cc(Cl)cc(Cl)c3OC)C(=O)C(=O)N2c2nc3cc(C)c(C)cc3[nH]2)cc1. The number of carbonyl (C=O) groups excluding carboxylic acids is 2. The molecule has 10 heteroatoms. The standard InChI is InChI=1S/C28H23Cl2N3O5/c1-13-9-20-21(10-14(13)2)32-28(31-20)33-23(15-5-7-17(37-3)8-6-15)22(25(35)27(33)36)24(34)18-11-16(29)12-19(30)26(18)38-4/h5-12,23,34H,1-4H3,(H,31,32)/b24-22+. The molecule has 194 valence electrons. The zero-order valence-corrected chi connectivity index (χ0v) is 22.4. The summed E-state index contributed by atoms with van der Waals surface area (Å²) in [4.78, 5) is 36.1. The quantitative estimate of drug-likeness (QED) is 0.175. The van der Waals surface area contributed by atoms with Crippen molar-refractivity contribution in [2.24, 2.45) is 0 Å². The van der Waals surface area contributed by atoms with Gasteiger partial charge in [-0.25, -0.2) is 4.98 Å². The summed E-state index contributed by atoms with van der Waals surface area (Å²) in [5.74, 6) is -1.35. The third kappa shape index (κ3) is 4.15. The fraction of sp³-hybridized carbons (Fsp3) is 0.179. The second-order valence-corrected chi connectivity index (χ2v) is 9.77. The lowest BCUT2D eigenvalue weighted by atomic mass is 9.95. The van der Waals surface area contributed by atoms with Crippen LogP contribution >= 0.6 is 23.2 Å². The minimum absolute atomic E-state index is 0.0809. The molecule has 5 rings (SSSR count). The van der Waals surface area contributed by atoms with Gasteiger partial charge in [0.15, 0.2) is 0 Å². The minimum Gasteiger partial charge on any atom is -0.507 e. The van der Waals surface area contributed by atoms with Gasteiger partial charge < -0.3 is 19.6 Å². The summed E-state index contributed by atoms with van der Waals surface area (Å²) < 4.78 is 10.7. The number of aliphatic hydroxyl groups is 1. The highest BCUT2D eigenvalue weighted by Crippen LogP contribution is 2.45. The maximum atomic E-state index is 13.5. The Hall–Kier alpha value is -4.01. The number of hydrogen-bond acceptors (Lipinski definition) is 6. The number of methoxy groups -OCH3 is 2. The Labute approximate surface area is 228 Å². The van der Waals surface area contributed by atoms with Crippen LogP contribution in [0.25, 0.3) is 16.8 Å². The number of ether oxygens (including phenoxy) is 2. The number of aliphatic hydroxyl groups excluding tert-OH is 1. The van der Waals surface area contributed by atoms with E-state index in [1.807, 2.05) is 26.0 Å². The van der Waals surface area contributed by atoms with E-state index < -0.39 is 23.5 Å². The van der Waals surface area contributed by atoms with Crippen LogP contribution in [0.15, 0.2) is 54.1 Å². The number of halogens is 2. The zero-order valence-electron chi connectivity index (χ0n) is 20.9. The van der Waals surface area contributed by atoms with E-state index in [1.54, 1.807) is 24.3 Å². The lowest BCUT2D eigenvalue weighted by Crippen LogP contribution is -2.30. The summed E-state index contributed by atoms with van der Waals surface area (Å²) >= 11 is 12.5. The molecule has 0 spiro atoms. The highest BCUT2D eigenvalue weighted by Gasteiger charge is 2.48. The highest BCUT2D eigenvalue weighted by atomic mass is 35.5. The molecule has 8 nitrogen and oxygen atoms in total. The Kier molecular flexibility index (Phi) is 6.54. The summed E-state index contributed by atoms with van der Waals surface area (Å²) in [5.41, 5.74) is 3.90. The van der Waals surface area contributed by atoms with Gasteiger partial charge in [-0.2, -0.15) is 0 Å². The van der Waals surface area contributed by atoms with Gasteiger partial charge in [0, 0.05) is 5.02 Å². The first-order valence-electron chi connectivity index (χ1n) is 11.6. The van der Waals surface area contributed by atoms with E-state index >= 15 is 0 Å². The monoisotopic (exact) mass is 551 g/mol. The van der Waals surface area contributed by atoms with Crippen molar-refractivity contribution in [3.63, 3.8) is 0 Å².